The summed E-state index contributed by atoms with van der Waals surface area (Å²) in [5, 5.41) is 3.00. The Morgan fingerprint density at radius 1 is 1.29 bits per heavy atom. The second-order valence-corrected chi connectivity index (χ2v) is 4.99. The van der Waals surface area contributed by atoms with Crippen molar-refractivity contribution in [1.29, 1.82) is 0 Å². The van der Waals surface area contributed by atoms with Gasteiger partial charge in [-0.1, -0.05) is 24.6 Å². The first kappa shape index (κ1) is 15.5. The maximum Gasteiger partial charge on any atom is 0.165 e. The third kappa shape index (κ3) is 3.40. The molecule has 0 saturated carbocycles. The highest BCUT2D eigenvalue weighted by Crippen LogP contribution is 2.28. The Morgan fingerprint density at radius 2 is 2.00 bits per heavy atom. The van der Waals surface area contributed by atoms with Crippen molar-refractivity contribution >= 4 is 28.9 Å². The molecule has 5 nitrogen and oxygen atoms in total. The van der Waals surface area contributed by atoms with Gasteiger partial charge in [-0.3, -0.25) is 0 Å². The molecule has 0 amide bonds. The fourth-order valence-electron chi connectivity index (χ4n) is 1.89. The highest BCUT2D eigenvalue weighted by atomic mass is 35.5. The molecule has 0 atom stereocenters. The number of halogens is 2. The summed E-state index contributed by atoms with van der Waals surface area (Å²) in [4.78, 5) is 8.72. The van der Waals surface area contributed by atoms with Crippen LogP contribution >= 0.6 is 11.6 Å². The summed E-state index contributed by atoms with van der Waals surface area (Å²) < 4.78 is 14.0. The van der Waals surface area contributed by atoms with Crippen molar-refractivity contribution < 1.29 is 4.39 Å². The first-order valence-electron chi connectivity index (χ1n) is 6.62. The third-order valence-electron chi connectivity index (χ3n) is 3.01. The number of aromatic nitrogens is 2. The number of nitrogen functional groups attached to an aromatic ring is 1. The Kier molecular flexibility index (Phi) is 4.93. The van der Waals surface area contributed by atoms with Gasteiger partial charge in [-0.05, 0) is 25.5 Å². The Morgan fingerprint density at radius 3 is 2.67 bits per heavy atom. The van der Waals surface area contributed by atoms with Crippen LogP contribution in [0.1, 0.15) is 24.7 Å². The molecule has 0 spiro atoms. The standard InChI is InChI=1S/C14H17ClFN5/c1-3-5-11-19-13(8(2)14(20-11)21-17)18-10-7-4-6-9(15)12(10)16/h4,6-7H,3,5,17H2,1-2H3,(H2,18,19,20,21). The monoisotopic (exact) mass is 309 g/mol. The van der Waals surface area contributed by atoms with Crippen LogP contribution in [-0.2, 0) is 6.42 Å². The van der Waals surface area contributed by atoms with E-state index >= 15 is 0 Å². The van der Waals surface area contributed by atoms with E-state index in [0.717, 1.165) is 6.42 Å². The molecule has 7 heteroatoms. The zero-order chi connectivity index (χ0) is 15.4. The topological polar surface area (TPSA) is 75.9 Å². The average Bonchev–Trinajstić information content (AvgIpc) is 2.47. The van der Waals surface area contributed by atoms with Gasteiger partial charge in [-0.25, -0.2) is 20.2 Å². The van der Waals surface area contributed by atoms with E-state index in [1.807, 2.05) is 6.92 Å². The summed E-state index contributed by atoms with van der Waals surface area (Å²) >= 11 is 5.78. The van der Waals surface area contributed by atoms with Gasteiger partial charge in [0.05, 0.1) is 10.7 Å². The predicted octanol–water partition coefficient (Wildman–Crippen LogP) is 3.56. The van der Waals surface area contributed by atoms with Gasteiger partial charge in [0.2, 0.25) is 0 Å². The maximum atomic E-state index is 14.0. The second kappa shape index (κ2) is 6.69. The Labute approximate surface area is 127 Å². The van der Waals surface area contributed by atoms with E-state index in [0.29, 0.717) is 29.4 Å². The molecule has 0 bridgehead atoms. The predicted molar refractivity (Wildman–Crippen MR) is 83.3 cm³/mol. The minimum Gasteiger partial charge on any atom is -0.337 e. The maximum absolute atomic E-state index is 14.0. The molecule has 4 N–H and O–H groups in total. The average molecular weight is 310 g/mol. The molecule has 0 fully saturated rings. The second-order valence-electron chi connectivity index (χ2n) is 4.58. The van der Waals surface area contributed by atoms with Crippen LogP contribution in [0.15, 0.2) is 18.2 Å². The van der Waals surface area contributed by atoms with Crippen LogP contribution in [0.3, 0.4) is 0 Å². The summed E-state index contributed by atoms with van der Waals surface area (Å²) in [5.74, 6) is 6.61. The van der Waals surface area contributed by atoms with E-state index in [4.69, 9.17) is 17.4 Å². The Balaban J connectivity index is 2.42. The fraction of sp³-hybridized carbons (Fsp3) is 0.286. The lowest BCUT2D eigenvalue weighted by Crippen LogP contribution is -2.14. The van der Waals surface area contributed by atoms with Crippen LogP contribution < -0.4 is 16.6 Å². The molecule has 21 heavy (non-hydrogen) atoms. The van der Waals surface area contributed by atoms with E-state index in [2.05, 4.69) is 20.7 Å². The van der Waals surface area contributed by atoms with Crippen molar-refractivity contribution in [3.8, 4) is 0 Å². The van der Waals surface area contributed by atoms with Crippen LogP contribution in [0.5, 0.6) is 0 Å². The summed E-state index contributed by atoms with van der Waals surface area (Å²) in [5.41, 5.74) is 3.50. The number of nitrogens with zero attached hydrogens (tertiary/aromatic N) is 2. The Hall–Kier alpha value is -1.92. The van der Waals surface area contributed by atoms with Gasteiger partial charge in [0.25, 0.3) is 0 Å². The van der Waals surface area contributed by atoms with Crippen LogP contribution in [-0.4, -0.2) is 9.97 Å². The van der Waals surface area contributed by atoms with Crippen molar-refractivity contribution in [2.75, 3.05) is 10.7 Å². The molecule has 1 heterocycles. The summed E-state index contributed by atoms with van der Waals surface area (Å²) in [6.45, 7) is 3.83. The summed E-state index contributed by atoms with van der Waals surface area (Å²) in [6, 6.07) is 4.75. The number of anilines is 3. The Bertz CT molecular complexity index is 648. The number of benzene rings is 1. The molecule has 0 radical (unpaired) electrons. The van der Waals surface area contributed by atoms with Gasteiger partial charge in [0.1, 0.15) is 17.5 Å². The molecular formula is C14H17ClFN5. The zero-order valence-corrected chi connectivity index (χ0v) is 12.6. The van der Waals surface area contributed by atoms with Gasteiger partial charge in [-0.15, -0.1) is 0 Å². The van der Waals surface area contributed by atoms with E-state index in [1.54, 1.807) is 19.1 Å². The van der Waals surface area contributed by atoms with Crippen molar-refractivity contribution in [3.05, 3.63) is 40.4 Å². The molecule has 1 aromatic heterocycles. The number of nitrogens with two attached hydrogens (primary N) is 1. The molecule has 0 saturated heterocycles. The molecule has 0 aliphatic heterocycles. The van der Waals surface area contributed by atoms with Crippen molar-refractivity contribution in [2.24, 2.45) is 5.84 Å². The smallest absolute Gasteiger partial charge is 0.165 e. The zero-order valence-electron chi connectivity index (χ0n) is 11.9. The largest absolute Gasteiger partial charge is 0.337 e. The third-order valence-corrected chi connectivity index (χ3v) is 3.30. The minimum atomic E-state index is -0.517. The minimum absolute atomic E-state index is 0.0534. The van der Waals surface area contributed by atoms with Crippen LogP contribution in [0, 0.1) is 12.7 Å². The van der Waals surface area contributed by atoms with E-state index < -0.39 is 5.82 Å². The fourth-order valence-corrected chi connectivity index (χ4v) is 2.06. The quantitative estimate of drug-likeness (QED) is 0.581. The molecule has 112 valence electrons. The molecule has 1 aromatic carbocycles. The van der Waals surface area contributed by atoms with Gasteiger partial charge < -0.3 is 10.7 Å². The van der Waals surface area contributed by atoms with Crippen LogP contribution in [0.2, 0.25) is 5.02 Å². The van der Waals surface area contributed by atoms with Crippen molar-refractivity contribution in [1.82, 2.24) is 9.97 Å². The molecule has 2 rings (SSSR count). The number of nitrogens with one attached hydrogen (secondary N) is 2. The molecule has 2 aromatic rings. The highest BCUT2D eigenvalue weighted by molar-refractivity contribution is 6.31. The van der Waals surface area contributed by atoms with Crippen molar-refractivity contribution in [3.63, 3.8) is 0 Å². The first-order chi connectivity index (χ1) is 10.1. The number of aryl methyl sites for hydroxylation is 1. The first-order valence-corrected chi connectivity index (χ1v) is 6.99. The molecule has 0 aliphatic carbocycles. The number of hydrazine groups is 1. The van der Waals surface area contributed by atoms with Gasteiger partial charge in [0, 0.05) is 12.0 Å². The van der Waals surface area contributed by atoms with E-state index in [-0.39, 0.29) is 10.7 Å². The molecule has 0 aliphatic rings. The van der Waals surface area contributed by atoms with Gasteiger partial charge in [-0.2, -0.15) is 0 Å². The van der Waals surface area contributed by atoms with Crippen LogP contribution in [0.4, 0.5) is 21.7 Å². The number of hydrogen-bond donors (Lipinski definition) is 3. The highest BCUT2D eigenvalue weighted by Gasteiger charge is 2.13. The summed E-state index contributed by atoms with van der Waals surface area (Å²) in [6.07, 6.45) is 1.61. The van der Waals surface area contributed by atoms with E-state index in [1.165, 1.54) is 6.07 Å². The summed E-state index contributed by atoms with van der Waals surface area (Å²) in [7, 11) is 0. The normalized spacial score (nSPS) is 10.5. The molecule has 0 unspecified atom stereocenters. The lowest BCUT2D eigenvalue weighted by atomic mass is 10.2. The number of rotatable bonds is 5. The van der Waals surface area contributed by atoms with E-state index in [9.17, 15) is 4.39 Å². The van der Waals surface area contributed by atoms with Gasteiger partial charge in [0.15, 0.2) is 5.82 Å². The lowest BCUT2D eigenvalue weighted by molar-refractivity contribution is 0.632. The lowest BCUT2D eigenvalue weighted by Gasteiger charge is -2.14. The SMILES string of the molecule is CCCc1nc(NN)c(C)c(Nc2cccc(Cl)c2F)n1. The van der Waals surface area contributed by atoms with Gasteiger partial charge >= 0.3 is 0 Å². The van der Waals surface area contributed by atoms with Crippen LogP contribution in [0.25, 0.3) is 0 Å². The number of hydrogen-bond acceptors (Lipinski definition) is 5. The van der Waals surface area contributed by atoms with Crippen molar-refractivity contribution in [2.45, 2.75) is 26.7 Å². The molecular weight excluding hydrogens is 293 g/mol.